The van der Waals surface area contributed by atoms with Crippen LogP contribution in [0.2, 0.25) is 0 Å². The van der Waals surface area contributed by atoms with Gasteiger partial charge >= 0.3 is 0 Å². The quantitative estimate of drug-likeness (QED) is 0.870. The number of aliphatic hydroxyl groups excluding tert-OH is 1. The van der Waals surface area contributed by atoms with Gasteiger partial charge in [0.15, 0.2) is 0 Å². The van der Waals surface area contributed by atoms with Crippen LogP contribution >= 0.6 is 11.3 Å². The first-order valence-corrected chi connectivity index (χ1v) is 6.89. The molecular weight excluding hydrogens is 232 g/mol. The summed E-state index contributed by atoms with van der Waals surface area (Å²) < 4.78 is 0. The topological polar surface area (TPSA) is 45.1 Å². The maximum absolute atomic E-state index is 9.61. The second-order valence-corrected chi connectivity index (χ2v) is 7.07. The molecule has 1 aromatic heterocycles. The Kier molecular flexibility index (Phi) is 4.33. The summed E-state index contributed by atoms with van der Waals surface area (Å²) >= 11 is 1.67. The molecule has 3 nitrogen and oxygen atoms in total. The van der Waals surface area contributed by atoms with E-state index in [0.717, 1.165) is 10.7 Å². The normalized spacial score (nSPS) is 15.0. The van der Waals surface area contributed by atoms with E-state index < -0.39 is 0 Å². The van der Waals surface area contributed by atoms with E-state index in [2.05, 4.69) is 36.5 Å². The third-order valence-corrected chi connectivity index (χ3v) is 3.91. The van der Waals surface area contributed by atoms with Crippen LogP contribution in [0.25, 0.3) is 0 Å². The van der Waals surface area contributed by atoms with Gasteiger partial charge in [0.25, 0.3) is 0 Å². The zero-order chi connectivity index (χ0) is 13.3. The lowest BCUT2D eigenvalue weighted by Gasteiger charge is -2.29. The highest BCUT2D eigenvalue weighted by molar-refractivity contribution is 7.09. The predicted octanol–water partition coefficient (Wildman–Crippen LogP) is 2.69. The van der Waals surface area contributed by atoms with Crippen molar-refractivity contribution in [3.05, 3.63) is 16.1 Å². The van der Waals surface area contributed by atoms with Gasteiger partial charge in [-0.05, 0) is 20.8 Å². The van der Waals surface area contributed by atoms with Crippen LogP contribution in [0.15, 0.2) is 5.38 Å². The summed E-state index contributed by atoms with van der Waals surface area (Å²) in [7, 11) is 0. The first-order valence-electron chi connectivity index (χ1n) is 6.01. The Hall–Kier alpha value is -0.450. The van der Waals surface area contributed by atoms with Gasteiger partial charge in [0.05, 0.1) is 11.8 Å². The maximum atomic E-state index is 9.61. The number of nitrogens with zero attached hydrogens (tertiary/aromatic N) is 1. The summed E-state index contributed by atoms with van der Waals surface area (Å²) in [5.74, 6) is 0. The molecule has 0 aliphatic heterocycles. The first kappa shape index (κ1) is 14.6. The fourth-order valence-electron chi connectivity index (χ4n) is 1.19. The van der Waals surface area contributed by atoms with Crippen molar-refractivity contribution in [2.45, 2.75) is 65.1 Å². The Morgan fingerprint density at radius 2 is 1.94 bits per heavy atom. The number of thiazole rings is 1. The molecule has 1 atom stereocenters. The van der Waals surface area contributed by atoms with Gasteiger partial charge in [-0.15, -0.1) is 11.3 Å². The van der Waals surface area contributed by atoms with Gasteiger partial charge in [-0.25, -0.2) is 4.98 Å². The molecule has 0 aromatic carbocycles. The van der Waals surface area contributed by atoms with Gasteiger partial charge < -0.3 is 10.4 Å². The van der Waals surface area contributed by atoms with Crippen LogP contribution in [0.4, 0.5) is 0 Å². The van der Waals surface area contributed by atoms with E-state index in [9.17, 15) is 5.11 Å². The predicted molar refractivity (Wildman–Crippen MR) is 73.4 cm³/mol. The third kappa shape index (κ3) is 4.05. The van der Waals surface area contributed by atoms with E-state index in [-0.39, 0.29) is 17.1 Å². The van der Waals surface area contributed by atoms with Crippen LogP contribution in [0, 0.1) is 0 Å². The van der Waals surface area contributed by atoms with Crippen molar-refractivity contribution < 1.29 is 5.11 Å². The first-order chi connectivity index (χ1) is 7.63. The molecule has 98 valence electrons. The van der Waals surface area contributed by atoms with Crippen LogP contribution in [0.1, 0.15) is 52.2 Å². The summed E-state index contributed by atoms with van der Waals surface area (Å²) in [6, 6.07) is 0. The minimum Gasteiger partial charge on any atom is -0.392 e. The molecule has 0 saturated carbocycles. The molecular formula is C13H24N2OS. The molecule has 0 saturated heterocycles. The fraction of sp³-hybridized carbons (Fsp3) is 0.769. The minimum absolute atomic E-state index is 0.106. The number of aliphatic hydroxyl groups is 1. The Balaban J connectivity index is 2.63. The number of aromatic nitrogens is 1. The number of rotatable bonds is 4. The second-order valence-electron chi connectivity index (χ2n) is 6.13. The SMILES string of the molecule is CC(O)C(C)(C)NCc1nc(C(C)(C)C)cs1. The zero-order valence-electron chi connectivity index (χ0n) is 11.7. The van der Waals surface area contributed by atoms with Crippen LogP contribution in [0.5, 0.6) is 0 Å². The van der Waals surface area contributed by atoms with Gasteiger partial charge in [0.1, 0.15) is 5.01 Å². The zero-order valence-corrected chi connectivity index (χ0v) is 12.5. The van der Waals surface area contributed by atoms with Crippen LogP contribution in [0.3, 0.4) is 0 Å². The van der Waals surface area contributed by atoms with Gasteiger partial charge in [0, 0.05) is 22.9 Å². The molecule has 0 fully saturated rings. The molecule has 1 rings (SSSR count). The van der Waals surface area contributed by atoms with E-state index in [0.29, 0.717) is 6.54 Å². The van der Waals surface area contributed by atoms with Gasteiger partial charge in [-0.2, -0.15) is 0 Å². The molecule has 0 spiro atoms. The Morgan fingerprint density at radius 1 is 1.35 bits per heavy atom. The Bertz CT molecular complexity index is 364. The lowest BCUT2D eigenvalue weighted by molar-refractivity contribution is 0.0956. The summed E-state index contributed by atoms with van der Waals surface area (Å²) in [5.41, 5.74) is 0.955. The van der Waals surface area contributed by atoms with Crippen molar-refractivity contribution in [2.75, 3.05) is 0 Å². The van der Waals surface area contributed by atoms with Crippen LogP contribution < -0.4 is 5.32 Å². The number of hydrogen-bond donors (Lipinski definition) is 2. The van der Waals surface area contributed by atoms with Crippen LogP contribution in [-0.2, 0) is 12.0 Å². The van der Waals surface area contributed by atoms with Crippen molar-refractivity contribution in [2.24, 2.45) is 0 Å². The fourth-order valence-corrected chi connectivity index (χ4v) is 2.15. The van der Waals surface area contributed by atoms with Crippen molar-refractivity contribution in [3.63, 3.8) is 0 Å². The van der Waals surface area contributed by atoms with Crippen molar-refractivity contribution in [3.8, 4) is 0 Å². The lowest BCUT2D eigenvalue weighted by Crippen LogP contribution is -2.47. The van der Waals surface area contributed by atoms with Gasteiger partial charge in [0.2, 0.25) is 0 Å². The Morgan fingerprint density at radius 3 is 2.35 bits per heavy atom. The van der Waals surface area contributed by atoms with Crippen molar-refractivity contribution in [1.29, 1.82) is 0 Å². The largest absolute Gasteiger partial charge is 0.392 e. The molecule has 0 radical (unpaired) electrons. The molecule has 2 N–H and O–H groups in total. The van der Waals surface area contributed by atoms with E-state index in [1.54, 1.807) is 18.3 Å². The highest BCUT2D eigenvalue weighted by atomic mass is 32.1. The van der Waals surface area contributed by atoms with E-state index in [4.69, 9.17) is 0 Å². The van der Waals surface area contributed by atoms with E-state index >= 15 is 0 Å². The summed E-state index contributed by atoms with van der Waals surface area (Å²) in [4.78, 5) is 4.62. The molecule has 0 amide bonds. The molecule has 1 unspecified atom stereocenters. The average Bonchev–Trinajstić information content (AvgIpc) is 2.62. The van der Waals surface area contributed by atoms with E-state index in [1.165, 1.54) is 0 Å². The molecule has 0 aliphatic carbocycles. The van der Waals surface area contributed by atoms with E-state index in [1.807, 2.05) is 13.8 Å². The highest BCUT2D eigenvalue weighted by Gasteiger charge is 2.24. The lowest BCUT2D eigenvalue weighted by atomic mass is 9.93. The summed E-state index contributed by atoms with van der Waals surface area (Å²) in [6.45, 7) is 13.0. The maximum Gasteiger partial charge on any atom is 0.107 e. The third-order valence-electron chi connectivity index (χ3n) is 3.06. The molecule has 1 heterocycles. The second kappa shape index (κ2) is 5.04. The average molecular weight is 256 g/mol. The molecule has 0 bridgehead atoms. The molecule has 1 aromatic rings. The molecule has 17 heavy (non-hydrogen) atoms. The monoisotopic (exact) mass is 256 g/mol. The standard InChI is InChI=1S/C13H24N2OS/c1-9(16)13(5,6)14-7-11-15-10(8-17-11)12(2,3)4/h8-9,14,16H,7H2,1-6H3. The van der Waals surface area contributed by atoms with Crippen molar-refractivity contribution >= 4 is 11.3 Å². The Labute approximate surface area is 108 Å². The molecule has 0 aliphatic rings. The van der Waals surface area contributed by atoms with Crippen molar-refractivity contribution in [1.82, 2.24) is 10.3 Å². The summed E-state index contributed by atoms with van der Waals surface area (Å²) in [5, 5.41) is 16.1. The minimum atomic E-state index is -0.385. The summed E-state index contributed by atoms with van der Waals surface area (Å²) in [6.07, 6.45) is -0.385. The number of nitrogens with one attached hydrogen (secondary N) is 1. The number of hydrogen-bond acceptors (Lipinski definition) is 4. The smallest absolute Gasteiger partial charge is 0.107 e. The molecule has 4 heteroatoms. The van der Waals surface area contributed by atoms with Gasteiger partial charge in [-0.3, -0.25) is 0 Å². The van der Waals surface area contributed by atoms with Crippen LogP contribution in [-0.4, -0.2) is 21.7 Å². The highest BCUT2D eigenvalue weighted by Crippen LogP contribution is 2.24. The van der Waals surface area contributed by atoms with Gasteiger partial charge in [-0.1, -0.05) is 20.8 Å².